The molecule has 0 aliphatic carbocycles. The van der Waals surface area contributed by atoms with Crippen molar-refractivity contribution in [1.82, 2.24) is 10.2 Å². The first kappa shape index (κ1) is 14.4. The maximum absolute atomic E-state index is 11.3. The number of hydrogen-bond acceptors (Lipinski definition) is 4. The number of hydrogen-bond donors (Lipinski definition) is 2. The Morgan fingerprint density at radius 1 is 1.65 bits per heavy atom. The third-order valence-corrected chi connectivity index (χ3v) is 3.55. The summed E-state index contributed by atoms with van der Waals surface area (Å²) < 4.78 is 4.96. The van der Waals surface area contributed by atoms with Crippen molar-refractivity contribution in [3.05, 3.63) is 0 Å². The van der Waals surface area contributed by atoms with E-state index in [1.165, 1.54) is 0 Å². The van der Waals surface area contributed by atoms with Gasteiger partial charge in [-0.1, -0.05) is 0 Å². The van der Waals surface area contributed by atoms with Crippen molar-refractivity contribution in [3.8, 4) is 0 Å². The van der Waals surface area contributed by atoms with E-state index in [1.807, 2.05) is 0 Å². The number of nitrogens with zero attached hydrogens (tertiary/aromatic N) is 1. The van der Waals surface area contributed by atoms with Gasteiger partial charge in [0.05, 0.1) is 0 Å². The van der Waals surface area contributed by atoms with E-state index in [1.54, 1.807) is 14.0 Å². The maximum atomic E-state index is 11.3. The Hall–Kier alpha value is -0.650. The minimum Gasteiger partial charge on any atom is -0.480 e. The predicted molar refractivity (Wildman–Crippen MR) is 66.1 cm³/mol. The van der Waals surface area contributed by atoms with Crippen LogP contribution in [0.15, 0.2) is 0 Å². The van der Waals surface area contributed by atoms with Crippen molar-refractivity contribution in [3.63, 3.8) is 0 Å². The highest BCUT2D eigenvalue weighted by Gasteiger charge is 2.33. The molecule has 2 N–H and O–H groups in total. The summed E-state index contributed by atoms with van der Waals surface area (Å²) in [5.74, 6) is -0.248. The first-order valence-corrected chi connectivity index (χ1v) is 6.14. The van der Waals surface area contributed by atoms with Crippen LogP contribution in [0.1, 0.15) is 19.8 Å². The molecule has 1 saturated heterocycles. The summed E-state index contributed by atoms with van der Waals surface area (Å²) in [5, 5.41) is 12.4. The highest BCUT2D eigenvalue weighted by atomic mass is 16.5. The molecule has 0 radical (unpaired) electrons. The molecular weight excluding hydrogens is 220 g/mol. The molecule has 1 heterocycles. The number of rotatable bonds is 7. The molecule has 0 saturated carbocycles. The van der Waals surface area contributed by atoms with E-state index in [0.29, 0.717) is 18.9 Å². The normalized spacial score (nSPS) is 24.8. The molecule has 17 heavy (non-hydrogen) atoms. The van der Waals surface area contributed by atoms with Crippen molar-refractivity contribution in [2.45, 2.75) is 25.3 Å². The number of nitrogens with one attached hydrogen (secondary N) is 1. The second-order valence-electron chi connectivity index (χ2n) is 5.18. The topological polar surface area (TPSA) is 61.8 Å². The van der Waals surface area contributed by atoms with Crippen LogP contribution in [0.4, 0.5) is 0 Å². The average Bonchev–Trinajstić information content (AvgIpc) is 2.69. The number of likely N-dealkylation sites (tertiary alicyclic amines) is 1. The van der Waals surface area contributed by atoms with E-state index in [2.05, 4.69) is 17.3 Å². The van der Waals surface area contributed by atoms with Crippen molar-refractivity contribution in [2.24, 2.45) is 5.92 Å². The second kappa shape index (κ2) is 6.33. The molecular formula is C12H24N2O3. The lowest BCUT2D eigenvalue weighted by Crippen LogP contribution is -2.51. The van der Waals surface area contributed by atoms with Crippen molar-refractivity contribution in [1.29, 1.82) is 0 Å². The first-order chi connectivity index (χ1) is 7.98. The van der Waals surface area contributed by atoms with E-state index in [0.717, 1.165) is 26.1 Å². The number of carboxylic acids is 1. The monoisotopic (exact) mass is 244 g/mol. The minimum atomic E-state index is -0.878. The van der Waals surface area contributed by atoms with Crippen LogP contribution in [-0.4, -0.2) is 61.9 Å². The van der Waals surface area contributed by atoms with Crippen LogP contribution in [0.3, 0.4) is 0 Å². The van der Waals surface area contributed by atoms with Gasteiger partial charge >= 0.3 is 5.97 Å². The number of carbonyl (C=O) groups is 1. The zero-order valence-corrected chi connectivity index (χ0v) is 11.0. The van der Waals surface area contributed by atoms with Gasteiger partial charge in [-0.15, -0.1) is 0 Å². The van der Waals surface area contributed by atoms with Crippen molar-refractivity contribution >= 4 is 5.97 Å². The van der Waals surface area contributed by atoms with Crippen LogP contribution in [-0.2, 0) is 9.53 Å². The molecule has 100 valence electrons. The summed E-state index contributed by atoms with van der Waals surface area (Å²) in [5.41, 5.74) is -0.878. The SMILES string of the molecule is COCCC(C)(NCC1CCN(C)C1)C(=O)O. The van der Waals surface area contributed by atoms with Gasteiger partial charge in [0.15, 0.2) is 0 Å². The largest absolute Gasteiger partial charge is 0.480 e. The summed E-state index contributed by atoms with van der Waals surface area (Å²) in [6, 6.07) is 0. The Morgan fingerprint density at radius 3 is 2.82 bits per heavy atom. The van der Waals surface area contributed by atoms with Crippen LogP contribution in [0.2, 0.25) is 0 Å². The van der Waals surface area contributed by atoms with Gasteiger partial charge in [-0.05, 0) is 39.3 Å². The smallest absolute Gasteiger partial charge is 0.323 e. The molecule has 1 aliphatic heterocycles. The molecule has 0 aromatic rings. The molecule has 0 aromatic carbocycles. The molecule has 2 unspecified atom stereocenters. The highest BCUT2D eigenvalue weighted by molar-refractivity contribution is 5.78. The number of methoxy groups -OCH3 is 1. The third-order valence-electron chi connectivity index (χ3n) is 3.55. The fourth-order valence-electron chi connectivity index (χ4n) is 2.14. The van der Waals surface area contributed by atoms with Crippen molar-refractivity contribution < 1.29 is 14.6 Å². The standard InChI is InChI=1S/C12H24N2O3/c1-12(11(15)16,5-7-17-3)13-8-10-4-6-14(2)9-10/h10,13H,4-9H2,1-3H3,(H,15,16). The van der Waals surface area contributed by atoms with Crippen LogP contribution < -0.4 is 5.32 Å². The Bertz CT molecular complexity index is 260. The van der Waals surface area contributed by atoms with E-state index in [-0.39, 0.29) is 0 Å². The van der Waals surface area contributed by atoms with Gasteiger partial charge in [-0.25, -0.2) is 0 Å². The Morgan fingerprint density at radius 2 is 2.35 bits per heavy atom. The van der Waals surface area contributed by atoms with Crippen LogP contribution in [0.25, 0.3) is 0 Å². The zero-order chi connectivity index (χ0) is 12.9. The summed E-state index contributed by atoms with van der Waals surface area (Å²) in [4.78, 5) is 13.5. The lowest BCUT2D eigenvalue weighted by molar-refractivity contribution is -0.145. The van der Waals surface area contributed by atoms with Crippen LogP contribution in [0, 0.1) is 5.92 Å². The highest BCUT2D eigenvalue weighted by Crippen LogP contribution is 2.16. The molecule has 5 heteroatoms. The van der Waals surface area contributed by atoms with E-state index >= 15 is 0 Å². The number of ether oxygens (including phenoxy) is 1. The fourth-order valence-corrected chi connectivity index (χ4v) is 2.14. The van der Waals surface area contributed by atoms with Gasteiger partial charge in [0.2, 0.25) is 0 Å². The molecule has 0 aromatic heterocycles. The van der Waals surface area contributed by atoms with Gasteiger partial charge in [-0.3, -0.25) is 4.79 Å². The molecule has 2 atom stereocenters. The second-order valence-corrected chi connectivity index (χ2v) is 5.18. The van der Waals surface area contributed by atoms with Gasteiger partial charge in [0.25, 0.3) is 0 Å². The van der Waals surface area contributed by atoms with Gasteiger partial charge in [0.1, 0.15) is 5.54 Å². The molecule has 5 nitrogen and oxygen atoms in total. The van der Waals surface area contributed by atoms with Crippen molar-refractivity contribution in [2.75, 3.05) is 40.4 Å². The minimum absolute atomic E-state index is 0.459. The van der Waals surface area contributed by atoms with Gasteiger partial charge in [0, 0.05) is 26.8 Å². The molecule has 0 bridgehead atoms. The predicted octanol–water partition coefficient (Wildman–Crippen LogP) is 0.408. The summed E-state index contributed by atoms with van der Waals surface area (Å²) >= 11 is 0. The average molecular weight is 244 g/mol. The molecule has 1 rings (SSSR count). The summed E-state index contributed by atoms with van der Waals surface area (Å²) in [6.45, 7) is 5.10. The van der Waals surface area contributed by atoms with Gasteiger partial charge < -0.3 is 20.1 Å². The molecule has 1 aliphatic rings. The van der Waals surface area contributed by atoms with Gasteiger partial charge in [-0.2, -0.15) is 0 Å². The molecule has 1 fully saturated rings. The first-order valence-electron chi connectivity index (χ1n) is 6.14. The fraction of sp³-hybridized carbons (Fsp3) is 0.917. The van der Waals surface area contributed by atoms with E-state index in [4.69, 9.17) is 4.74 Å². The maximum Gasteiger partial charge on any atom is 0.323 e. The van der Waals surface area contributed by atoms with Crippen LogP contribution in [0.5, 0.6) is 0 Å². The summed E-state index contributed by atoms with van der Waals surface area (Å²) in [6.07, 6.45) is 1.63. The Balaban J connectivity index is 2.41. The molecule has 0 spiro atoms. The molecule has 0 amide bonds. The van der Waals surface area contributed by atoms with Crippen LogP contribution >= 0.6 is 0 Å². The number of carboxylic acid groups (broad SMARTS) is 1. The quantitative estimate of drug-likeness (QED) is 0.679. The Kier molecular flexibility index (Phi) is 5.36. The third kappa shape index (κ3) is 4.26. The lowest BCUT2D eigenvalue weighted by Gasteiger charge is -2.27. The summed E-state index contributed by atoms with van der Waals surface area (Å²) in [7, 11) is 3.69. The van der Waals surface area contributed by atoms with E-state index < -0.39 is 11.5 Å². The zero-order valence-electron chi connectivity index (χ0n) is 11.0. The Labute approximate surface area is 103 Å². The number of aliphatic carboxylic acids is 1. The lowest BCUT2D eigenvalue weighted by atomic mass is 9.97. The van der Waals surface area contributed by atoms with E-state index in [9.17, 15) is 9.90 Å².